The van der Waals surface area contributed by atoms with Crippen LogP contribution in [-0.4, -0.2) is 45.9 Å². The Hall–Kier alpha value is -2.92. The Balaban J connectivity index is 1.64. The van der Waals surface area contributed by atoms with Gasteiger partial charge in [-0.05, 0) is 38.1 Å². The number of hydrogen-bond acceptors (Lipinski definition) is 3. The smallest absolute Gasteiger partial charge is 0.254 e. The average molecular weight is 361 g/mol. The second-order valence-electron chi connectivity index (χ2n) is 7.01. The molecule has 0 saturated carbocycles. The van der Waals surface area contributed by atoms with E-state index in [-0.39, 0.29) is 18.1 Å². The molecule has 5 nitrogen and oxygen atoms in total. The fourth-order valence-electron chi connectivity index (χ4n) is 3.63. The maximum absolute atomic E-state index is 13.0. The Morgan fingerprint density at radius 2 is 1.74 bits per heavy atom. The zero-order chi connectivity index (χ0) is 18.8. The van der Waals surface area contributed by atoms with Gasteiger partial charge in [0.25, 0.3) is 5.91 Å². The maximum Gasteiger partial charge on any atom is 0.254 e. The largest absolute Gasteiger partial charge is 0.372 e. The Kier molecular flexibility index (Phi) is 4.77. The first-order valence-corrected chi connectivity index (χ1v) is 9.26. The van der Waals surface area contributed by atoms with Crippen molar-refractivity contribution in [1.29, 1.82) is 0 Å². The van der Waals surface area contributed by atoms with E-state index in [1.165, 1.54) is 0 Å². The van der Waals surface area contributed by atoms with Gasteiger partial charge >= 0.3 is 0 Å². The van der Waals surface area contributed by atoms with Crippen molar-refractivity contribution < 1.29 is 9.53 Å². The second-order valence-corrected chi connectivity index (χ2v) is 7.01. The maximum atomic E-state index is 13.0. The number of carbonyl (C=O) groups is 1. The van der Waals surface area contributed by atoms with Crippen LogP contribution < -0.4 is 0 Å². The molecule has 0 radical (unpaired) electrons. The third kappa shape index (κ3) is 3.64. The van der Waals surface area contributed by atoms with Crippen LogP contribution in [0.2, 0.25) is 0 Å². The summed E-state index contributed by atoms with van der Waals surface area (Å²) in [7, 11) is 0. The molecule has 1 saturated heterocycles. The third-order valence-corrected chi connectivity index (χ3v) is 4.76. The molecule has 2 atom stereocenters. The van der Waals surface area contributed by atoms with Crippen LogP contribution in [0.3, 0.4) is 0 Å². The summed E-state index contributed by atoms with van der Waals surface area (Å²) in [5, 5.41) is 4.47. The molecule has 0 spiro atoms. The SMILES string of the molecule is CC1CN(C(=O)c2cccc(-n3nccc3-c3ccccc3)c2)CC(C)O1. The first-order chi connectivity index (χ1) is 13.1. The summed E-state index contributed by atoms with van der Waals surface area (Å²) in [6, 6.07) is 19.8. The molecule has 2 unspecified atom stereocenters. The first-order valence-electron chi connectivity index (χ1n) is 9.26. The highest BCUT2D eigenvalue weighted by Gasteiger charge is 2.26. The van der Waals surface area contributed by atoms with Gasteiger partial charge in [0.05, 0.1) is 29.8 Å². The van der Waals surface area contributed by atoms with E-state index in [4.69, 9.17) is 4.74 Å². The highest BCUT2D eigenvalue weighted by molar-refractivity contribution is 5.95. The zero-order valence-electron chi connectivity index (χ0n) is 15.6. The summed E-state index contributed by atoms with van der Waals surface area (Å²) in [5.41, 5.74) is 3.62. The lowest BCUT2D eigenvalue weighted by atomic mass is 10.1. The van der Waals surface area contributed by atoms with Crippen LogP contribution in [0.4, 0.5) is 0 Å². The van der Waals surface area contributed by atoms with Gasteiger partial charge in [0, 0.05) is 24.2 Å². The fraction of sp³-hybridized carbons (Fsp3) is 0.273. The molecule has 1 aliphatic heterocycles. The molecule has 0 bridgehead atoms. The minimum absolute atomic E-state index is 0.0345. The van der Waals surface area contributed by atoms with E-state index < -0.39 is 0 Å². The first kappa shape index (κ1) is 17.5. The molecule has 0 N–H and O–H groups in total. The van der Waals surface area contributed by atoms with Gasteiger partial charge in [-0.2, -0.15) is 5.10 Å². The number of aromatic nitrogens is 2. The molecule has 4 rings (SSSR count). The quantitative estimate of drug-likeness (QED) is 0.713. The molecule has 1 amide bonds. The van der Waals surface area contributed by atoms with E-state index in [0.717, 1.165) is 16.9 Å². The van der Waals surface area contributed by atoms with Gasteiger partial charge in [0.1, 0.15) is 0 Å². The van der Waals surface area contributed by atoms with E-state index in [9.17, 15) is 4.79 Å². The van der Waals surface area contributed by atoms with Crippen LogP contribution in [-0.2, 0) is 4.74 Å². The fourth-order valence-corrected chi connectivity index (χ4v) is 3.63. The summed E-state index contributed by atoms with van der Waals surface area (Å²) >= 11 is 0. The minimum atomic E-state index is 0.0345. The van der Waals surface area contributed by atoms with Gasteiger partial charge in [-0.15, -0.1) is 0 Å². The standard InChI is InChI=1S/C22H23N3O2/c1-16-14-24(15-17(2)27-16)22(26)19-9-6-10-20(13-19)25-21(11-12-23-25)18-7-4-3-5-8-18/h3-13,16-17H,14-15H2,1-2H3. The number of carbonyl (C=O) groups excluding carboxylic acids is 1. The van der Waals surface area contributed by atoms with Crippen LogP contribution in [0.5, 0.6) is 0 Å². The molecule has 2 heterocycles. The van der Waals surface area contributed by atoms with Gasteiger partial charge in [-0.3, -0.25) is 4.79 Å². The molecule has 138 valence electrons. The van der Waals surface area contributed by atoms with Gasteiger partial charge in [-0.25, -0.2) is 4.68 Å². The van der Waals surface area contributed by atoms with Crippen LogP contribution >= 0.6 is 0 Å². The Morgan fingerprint density at radius 3 is 2.48 bits per heavy atom. The summed E-state index contributed by atoms with van der Waals surface area (Å²) in [4.78, 5) is 14.9. The highest BCUT2D eigenvalue weighted by Crippen LogP contribution is 2.23. The number of morpholine rings is 1. The molecule has 0 aliphatic carbocycles. The molecule has 5 heteroatoms. The Labute approximate surface area is 159 Å². The van der Waals surface area contributed by atoms with E-state index in [0.29, 0.717) is 18.7 Å². The molecule has 1 aliphatic rings. The van der Waals surface area contributed by atoms with E-state index in [1.54, 1.807) is 6.20 Å². The van der Waals surface area contributed by atoms with E-state index in [2.05, 4.69) is 17.2 Å². The van der Waals surface area contributed by atoms with Crippen molar-refractivity contribution >= 4 is 5.91 Å². The Morgan fingerprint density at radius 1 is 1.00 bits per heavy atom. The Bertz CT molecular complexity index is 925. The van der Waals surface area contributed by atoms with Gasteiger partial charge in [0.15, 0.2) is 0 Å². The van der Waals surface area contributed by atoms with Crippen molar-refractivity contribution in [3.05, 3.63) is 72.4 Å². The predicted octanol–water partition coefficient (Wildman–Crippen LogP) is 3.79. The van der Waals surface area contributed by atoms with E-state index >= 15 is 0 Å². The van der Waals surface area contributed by atoms with Crippen molar-refractivity contribution in [3.63, 3.8) is 0 Å². The summed E-state index contributed by atoms with van der Waals surface area (Å²) < 4.78 is 7.61. The van der Waals surface area contributed by atoms with Crippen LogP contribution in [0.15, 0.2) is 66.9 Å². The molecule has 3 aromatic rings. The molecular weight excluding hydrogens is 338 g/mol. The zero-order valence-corrected chi connectivity index (χ0v) is 15.6. The van der Waals surface area contributed by atoms with Crippen molar-refractivity contribution in [2.45, 2.75) is 26.1 Å². The molecule has 27 heavy (non-hydrogen) atoms. The number of ether oxygens (including phenoxy) is 1. The third-order valence-electron chi connectivity index (χ3n) is 4.76. The lowest BCUT2D eigenvalue weighted by molar-refractivity contribution is -0.0586. The molecule has 1 fully saturated rings. The van der Waals surface area contributed by atoms with Gasteiger partial charge in [0.2, 0.25) is 0 Å². The number of rotatable bonds is 3. The van der Waals surface area contributed by atoms with Crippen molar-refractivity contribution in [1.82, 2.24) is 14.7 Å². The lowest BCUT2D eigenvalue weighted by Gasteiger charge is -2.35. The van der Waals surface area contributed by atoms with Crippen molar-refractivity contribution in [2.24, 2.45) is 0 Å². The topological polar surface area (TPSA) is 47.4 Å². The number of hydrogen-bond donors (Lipinski definition) is 0. The lowest BCUT2D eigenvalue weighted by Crippen LogP contribution is -2.48. The number of nitrogens with zero attached hydrogens (tertiary/aromatic N) is 3. The summed E-state index contributed by atoms with van der Waals surface area (Å²) in [6.07, 6.45) is 1.88. The number of amides is 1. The second kappa shape index (κ2) is 7.37. The van der Waals surface area contributed by atoms with E-state index in [1.807, 2.05) is 72.0 Å². The molecule has 1 aromatic heterocycles. The highest BCUT2D eigenvalue weighted by atomic mass is 16.5. The van der Waals surface area contributed by atoms with Crippen LogP contribution in [0.1, 0.15) is 24.2 Å². The van der Waals surface area contributed by atoms with Gasteiger partial charge in [-0.1, -0.05) is 36.4 Å². The summed E-state index contributed by atoms with van der Waals surface area (Å²) in [5.74, 6) is 0.0345. The normalized spacial score (nSPS) is 19.9. The van der Waals surface area contributed by atoms with Gasteiger partial charge < -0.3 is 9.64 Å². The average Bonchev–Trinajstić information content (AvgIpc) is 3.17. The molecule has 2 aromatic carbocycles. The molecular formula is C22H23N3O2. The predicted molar refractivity (Wildman–Crippen MR) is 105 cm³/mol. The van der Waals surface area contributed by atoms with Crippen molar-refractivity contribution in [2.75, 3.05) is 13.1 Å². The summed E-state index contributed by atoms with van der Waals surface area (Å²) in [6.45, 7) is 5.24. The minimum Gasteiger partial charge on any atom is -0.372 e. The number of benzene rings is 2. The monoisotopic (exact) mass is 361 g/mol. The van der Waals surface area contributed by atoms with Crippen LogP contribution in [0.25, 0.3) is 16.9 Å². The van der Waals surface area contributed by atoms with Crippen LogP contribution in [0, 0.1) is 0 Å². The van der Waals surface area contributed by atoms with Crippen molar-refractivity contribution in [3.8, 4) is 16.9 Å².